The highest BCUT2D eigenvalue weighted by Gasteiger charge is 1.91. The summed E-state index contributed by atoms with van der Waals surface area (Å²) in [4.78, 5) is 10.4. The van der Waals surface area contributed by atoms with Crippen molar-refractivity contribution < 1.29 is 9.53 Å². The zero-order valence-electron chi connectivity index (χ0n) is 5.83. The lowest BCUT2D eigenvalue weighted by Gasteiger charge is -1.84. The van der Waals surface area contributed by atoms with E-state index in [-0.39, 0.29) is 0 Å². The monoisotopic (exact) mass is 139 g/mol. The first-order chi connectivity index (χ1) is 4.81. The van der Waals surface area contributed by atoms with Gasteiger partial charge in [-0.3, -0.25) is 0 Å². The molecule has 3 heteroatoms. The van der Waals surface area contributed by atoms with Crippen LogP contribution in [0.3, 0.4) is 0 Å². The first-order valence-electron chi connectivity index (χ1n) is 3.07. The summed E-state index contributed by atoms with van der Waals surface area (Å²) in [7, 11) is 0. The van der Waals surface area contributed by atoms with Crippen LogP contribution in [0.5, 0.6) is 0 Å². The van der Waals surface area contributed by atoms with Crippen LogP contribution in [0.25, 0.3) is 0 Å². The molecule has 0 aromatic heterocycles. The molecule has 0 aromatic rings. The number of ether oxygens (including phenoxy) is 1. The van der Waals surface area contributed by atoms with Crippen LogP contribution in [0.15, 0.2) is 12.2 Å². The van der Waals surface area contributed by atoms with Crippen LogP contribution >= 0.6 is 0 Å². The number of unbranched alkanes of at least 4 members (excludes halogenated alkanes) is 1. The van der Waals surface area contributed by atoms with Crippen LogP contribution in [-0.2, 0) is 9.53 Å². The molecule has 0 unspecified atom stereocenters. The van der Waals surface area contributed by atoms with Crippen molar-refractivity contribution in [2.45, 2.75) is 19.8 Å². The smallest absolute Gasteiger partial charge is 0.345 e. The average Bonchev–Trinajstić information content (AvgIpc) is 1.89. The van der Waals surface area contributed by atoms with Crippen molar-refractivity contribution >= 4 is 5.97 Å². The maximum Gasteiger partial charge on any atom is 0.345 e. The van der Waals surface area contributed by atoms with Gasteiger partial charge in [0.05, 0.1) is 0 Å². The molecule has 0 spiro atoms. The van der Waals surface area contributed by atoms with E-state index in [1.807, 2.05) is 6.92 Å². The third-order valence-electron chi connectivity index (χ3n) is 0.856. The SMILES string of the molecule is CCCC=CC(=O)OC#N. The lowest BCUT2D eigenvalue weighted by Crippen LogP contribution is -1.92. The second-order valence-corrected chi connectivity index (χ2v) is 1.70. The molecule has 0 bridgehead atoms. The number of hydrogen-bond acceptors (Lipinski definition) is 3. The van der Waals surface area contributed by atoms with Gasteiger partial charge in [0.2, 0.25) is 0 Å². The van der Waals surface area contributed by atoms with Crippen LogP contribution in [0.2, 0.25) is 0 Å². The van der Waals surface area contributed by atoms with Gasteiger partial charge in [0.25, 0.3) is 6.26 Å². The summed E-state index contributed by atoms with van der Waals surface area (Å²) in [6.07, 6.45) is 6.05. The van der Waals surface area contributed by atoms with Crippen LogP contribution < -0.4 is 0 Å². The quantitative estimate of drug-likeness (QED) is 0.337. The molecule has 0 radical (unpaired) electrons. The fraction of sp³-hybridized carbons (Fsp3) is 0.429. The van der Waals surface area contributed by atoms with Gasteiger partial charge in [-0.1, -0.05) is 19.4 Å². The summed E-state index contributed by atoms with van der Waals surface area (Å²) in [6.45, 7) is 2.00. The van der Waals surface area contributed by atoms with Gasteiger partial charge in [0, 0.05) is 6.08 Å². The number of rotatable bonds is 3. The Morgan fingerprint density at radius 1 is 1.80 bits per heavy atom. The van der Waals surface area contributed by atoms with Gasteiger partial charge in [-0.05, 0) is 6.42 Å². The van der Waals surface area contributed by atoms with Crippen molar-refractivity contribution in [1.82, 2.24) is 0 Å². The van der Waals surface area contributed by atoms with Crippen molar-refractivity contribution in [1.29, 1.82) is 5.26 Å². The van der Waals surface area contributed by atoms with E-state index in [1.165, 1.54) is 12.3 Å². The van der Waals surface area contributed by atoms with E-state index in [2.05, 4.69) is 4.74 Å². The number of hydrogen-bond donors (Lipinski definition) is 0. The molecule has 10 heavy (non-hydrogen) atoms. The van der Waals surface area contributed by atoms with Crippen LogP contribution in [0, 0.1) is 11.5 Å². The van der Waals surface area contributed by atoms with E-state index in [1.54, 1.807) is 6.08 Å². The minimum atomic E-state index is -0.601. The average molecular weight is 139 g/mol. The van der Waals surface area contributed by atoms with E-state index in [0.717, 1.165) is 12.8 Å². The molecular formula is C7H9NO2. The maximum atomic E-state index is 10.4. The third kappa shape index (κ3) is 4.85. The number of nitrogens with zero attached hydrogens (tertiary/aromatic N) is 1. The summed E-state index contributed by atoms with van der Waals surface area (Å²) in [5.74, 6) is -0.601. The second-order valence-electron chi connectivity index (χ2n) is 1.70. The molecular weight excluding hydrogens is 130 g/mol. The molecule has 0 aliphatic rings. The number of carbonyl (C=O) groups is 1. The lowest BCUT2D eigenvalue weighted by molar-refractivity contribution is -0.131. The molecule has 0 fully saturated rings. The summed E-state index contributed by atoms with van der Waals surface area (Å²) >= 11 is 0. The topological polar surface area (TPSA) is 50.1 Å². The number of carbonyl (C=O) groups excluding carboxylic acids is 1. The van der Waals surface area contributed by atoms with E-state index in [0.29, 0.717) is 0 Å². The van der Waals surface area contributed by atoms with Crippen molar-refractivity contribution in [3.05, 3.63) is 12.2 Å². The normalized spacial score (nSPS) is 9.20. The van der Waals surface area contributed by atoms with Crippen LogP contribution in [-0.4, -0.2) is 5.97 Å². The van der Waals surface area contributed by atoms with Crippen molar-refractivity contribution in [2.24, 2.45) is 0 Å². The molecule has 0 aliphatic carbocycles. The minimum Gasteiger partial charge on any atom is -0.347 e. The van der Waals surface area contributed by atoms with Crippen molar-refractivity contribution in [3.8, 4) is 6.26 Å². The van der Waals surface area contributed by atoms with Crippen LogP contribution in [0.4, 0.5) is 0 Å². The zero-order chi connectivity index (χ0) is 7.82. The number of allylic oxidation sites excluding steroid dienone is 1. The molecule has 0 N–H and O–H groups in total. The molecule has 0 aliphatic heterocycles. The zero-order valence-corrected chi connectivity index (χ0v) is 5.83. The van der Waals surface area contributed by atoms with E-state index >= 15 is 0 Å². The molecule has 0 saturated heterocycles. The molecule has 0 saturated carbocycles. The molecule has 0 amide bonds. The number of esters is 1. The van der Waals surface area contributed by atoms with Gasteiger partial charge in [-0.25, -0.2) is 4.79 Å². The van der Waals surface area contributed by atoms with Crippen molar-refractivity contribution in [3.63, 3.8) is 0 Å². The molecule has 54 valence electrons. The summed E-state index contributed by atoms with van der Waals surface area (Å²) < 4.78 is 3.97. The highest BCUT2D eigenvalue weighted by molar-refractivity contribution is 5.82. The summed E-state index contributed by atoms with van der Waals surface area (Å²) in [6, 6.07) is 0. The predicted molar refractivity (Wildman–Crippen MR) is 35.8 cm³/mol. The molecule has 0 aromatic carbocycles. The van der Waals surface area contributed by atoms with Gasteiger partial charge < -0.3 is 4.74 Å². The summed E-state index contributed by atoms with van der Waals surface area (Å²) in [5.41, 5.74) is 0. The Kier molecular flexibility index (Phi) is 5.07. The molecule has 0 heterocycles. The minimum absolute atomic E-state index is 0.601. The Balaban J connectivity index is 3.48. The van der Waals surface area contributed by atoms with Gasteiger partial charge in [-0.2, -0.15) is 0 Å². The molecule has 0 atom stereocenters. The van der Waals surface area contributed by atoms with Crippen LogP contribution in [0.1, 0.15) is 19.8 Å². The Morgan fingerprint density at radius 3 is 3.00 bits per heavy atom. The highest BCUT2D eigenvalue weighted by Crippen LogP contribution is 1.88. The first-order valence-corrected chi connectivity index (χ1v) is 3.07. The maximum absolute atomic E-state index is 10.4. The number of nitriles is 1. The van der Waals surface area contributed by atoms with Gasteiger partial charge in [-0.15, -0.1) is 5.26 Å². The van der Waals surface area contributed by atoms with Gasteiger partial charge >= 0.3 is 5.97 Å². The van der Waals surface area contributed by atoms with Gasteiger partial charge in [0.1, 0.15) is 0 Å². The van der Waals surface area contributed by atoms with E-state index < -0.39 is 5.97 Å². The largest absolute Gasteiger partial charge is 0.347 e. The van der Waals surface area contributed by atoms with Crippen molar-refractivity contribution in [2.75, 3.05) is 0 Å². The Hall–Kier alpha value is -1.30. The predicted octanol–water partition coefficient (Wildman–Crippen LogP) is 1.37. The van der Waals surface area contributed by atoms with E-state index in [9.17, 15) is 4.79 Å². The van der Waals surface area contributed by atoms with E-state index in [4.69, 9.17) is 5.26 Å². The Bertz CT molecular complexity index is 167. The van der Waals surface area contributed by atoms with Gasteiger partial charge in [0.15, 0.2) is 0 Å². The standard InChI is InChI=1S/C7H9NO2/c1-2-3-4-5-7(9)10-6-8/h4-5H,2-3H2,1H3. The highest BCUT2D eigenvalue weighted by atomic mass is 16.5. The Morgan fingerprint density at radius 2 is 2.50 bits per heavy atom. The fourth-order valence-corrected chi connectivity index (χ4v) is 0.425. The molecule has 3 nitrogen and oxygen atoms in total. The first kappa shape index (κ1) is 8.70. The lowest BCUT2D eigenvalue weighted by atomic mass is 10.3. The molecule has 0 rings (SSSR count). The third-order valence-corrected chi connectivity index (χ3v) is 0.856. The second kappa shape index (κ2) is 5.83. The Labute approximate surface area is 59.9 Å². The fourth-order valence-electron chi connectivity index (χ4n) is 0.425. The summed E-state index contributed by atoms with van der Waals surface area (Å²) in [5, 5.41) is 7.87.